The van der Waals surface area contributed by atoms with Crippen molar-refractivity contribution in [2.75, 3.05) is 20.1 Å². The van der Waals surface area contributed by atoms with Gasteiger partial charge in [0.05, 0.1) is 0 Å². The molecule has 1 aromatic carbocycles. The number of aliphatic imine (C=N–C) groups is 1. The first kappa shape index (κ1) is 17.8. The van der Waals surface area contributed by atoms with E-state index in [0.29, 0.717) is 6.54 Å². The zero-order valence-electron chi connectivity index (χ0n) is 11.8. The Kier molecular flexibility index (Phi) is 9.06. The van der Waals surface area contributed by atoms with Crippen molar-refractivity contribution in [1.29, 1.82) is 0 Å². The molecule has 1 N–H and O–H groups in total. The van der Waals surface area contributed by atoms with Gasteiger partial charge in [-0.05, 0) is 25.0 Å². The molecule has 0 spiro atoms. The second-order valence-electron chi connectivity index (χ2n) is 4.16. The zero-order valence-corrected chi connectivity index (χ0v) is 14.1. The van der Waals surface area contributed by atoms with Gasteiger partial charge >= 0.3 is 0 Å². The molecule has 0 bridgehead atoms. The Morgan fingerprint density at radius 1 is 1.42 bits per heavy atom. The summed E-state index contributed by atoms with van der Waals surface area (Å²) in [6, 6.07) is 8.36. The van der Waals surface area contributed by atoms with Crippen LogP contribution in [0.25, 0.3) is 0 Å². The Morgan fingerprint density at radius 3 is 2.68 bits per heavy atom. The Balaban J connectivity index is 0.00000324. The van der Waals surface area contributed by atoms with Crippen LogP contribution in [0.5, 0.6) is 0 Å². The highest BCUT2D eigenvalue weighted by Crippen LogP contribution is 2.09. The fourth-order valence-corrected chi connectivity index (χ4v) is 1.71. The molecule has 0 aromatic heterocycles. The van der Waals surface area contributed by atoms with Crippen LogP contribution in [0.1, 0.15) is 18.1 Å². The van der Waals surface area contributed by atoms with Crippen LogP contribution in [0.15, 0.2) is 29.3 Å². The van der Waals surface area contributed by atoms with E-state index >= 15 is 0 Å². The number of guanidine groups is 1. The van der Waals surface area contributed by atoms with Crippen LogP contribution >= 0.6 is 24.0 Å². The van der Waals surface area contributed by atoms with Crippen LogP contribution in [0.2, 0.25) is 0 Å². The molecule has 1 aromatic rings. The quantitative estimate of drug-likeness (QED) is 0.382. The maximum absolute atomic E-state index is 5.25. The summed E-state index contributed by atoms with van der Waals surface area (Å²) in [4.78, 5) is 6.44. The van der Waals surface area contributed by atoms with Crippen molar-refractivity contribution < 1.29 is 0 Å². The van der Waals surface area contributed by atoms with Crippen LogP contribution in [-0.4, -0.2) is 31.0 Å². The van der Waals surface area contributed by atoms with Gasteiger partial charge in [-0.3, -0.25) is 0 Å². The highest BCUT2D eigenvalue weighted by Gasteiger charge is 2.07. The van der Waals surface area contributed by atoms with Crippen molar-refractivity contribution >= 4 is 29.9 Å². The maximum Gasteiger partial charge on any atom is 0.194 e. The molecule has 1 rings (SSSR count). The lowest BCUT2D eigenvalue weighted by Crippen LogP contribution is -2.38. The van der Waals surface area contributed by atoms with E-state index in [-0.39, 0.29) is 24.0 Å². The Morgan fingerprint density at radius 2 is 2.11 bits per heavy atom. The van der Waals surface area contributed by atoms with E-state index < -0.39 is 0 Å². The molecule has 0 radical (unpaired) electrons. The summed E-state index contributed by atoms with van der Waals surface area (Å²) < 4.78 is 0. The van der Waals surface area contributed by atoms with E-state index in [0.717, 1.165) is 19.0 Å². The first-order valence-corrected chi connectivity index (χ1v) is 6.16. The Labute approximate surface area is 133 Å². The van der Waals surface area contributed by atoms with Gasteiger partial charge in [0.2, 0.25) is 0 Å². The smallest absolute Gasteiger partial charge is 0.194 e. The first-order valence-electron chi connectivity index (χ1n) is 6.16. The average molecular weight is 371 g/mol. The lowest BCUT2D eigenvalue weighted by Gasteiger charge is -2.22. The minimum atomic E-state index is 0. The van der Waals surface area contributed by atoms with Crippen molar-refractivity contribution in [3.8, 4) is 12.3 Å². The number of aryl methyl sites for hydroxylation is 1. The minimum Gasteiger partial charge on any atom is -0.356 e. The molecule has 0 unspecified atom stereocenters. The highest BCUT2D eigenvalue weighted by molar-refractivity contribution is 14.0. The van der Waals surface area contributed by atoms with E-state index in [1.165, 1.54) is 11.1 Å². The Bertz CT molecular complexity index is 449. The van der Waals surface area contributed by atoms with E-state index in [1.54, 1.807) is 0 Å². The number of nitrogens with zero attached hydrogens (tertiary/aromatic N) is 2. The zero-order chi connectivity index (χ0) is 13.4. The monoisotopic (exact) mass is 371 g/mol. The lowest BCUT2D eigenvalue weighted by atomic mass is 10.1. The summed E-state index contributed by atoms with van der Waals surface area (Å²) >= 11 is 0. The number of terminal acetylenes is 1. The topological polar surface area (TPSA) is 27.6 Å². The summed E-state index contributed by atoms with van der Waals surface area (Å²) in [5.41, 5.74) is 2.59. The van der Waals surface area contributed by atoms with E-state index in [1.807, 2.05) is 14.0 Å². The van der Waals surface area contributed by atoms with Gasteiger partial charge in [-0.25, -0.2) is 4.99 Å². The SMILES string of the molecule is C#CCN=C(NCC)N(C)Cc1ccccc1C.I. The number of hydrogen-bond acceptors (Lipinski definition) is 1. The van der Waals surface area contributed by atoms with Crippen LogP contribution in [-0.2, 0) is 6.54 Å². The summed E-state index contributed by atoms with van der Waals surface area (Å²) in [5.74, 6) is 3.38. The molecule has 0 aliphatic rings. The van der Waals surface area contributed by atoms with Gasteiger partial charge < -0.3 is 10.2 Å². The molecular formula is C15H22IN3. The van der Waals surface area contributed by atoms with Crippen LogP contribution < -0.4 is 5.32 Å². The average Bonchev–Trinajstić information content (AvgIpc) is 2.37. The van der Waals surface area contributed by atoms with Crippen LogP contribution in [0.4, 0.5) is 0 Å². The van der Waals surface area contributed by atoms with Gasteiger partial charge in [0.15, 0.2) is 5.96 Å². The number of nitrogens with one attached hydrogen (secondary N) is 1. The number of halogens is 1. The minimum absolute atomic E-state index is 0. The second-order valence-corrected chi connectivity index (χ2v) is 4.16. The molecule has 4 heteroatoms. The molecule has 0 fully saturated rings. The highest BCUT2D eigenvalue weighted by atomic mass is 127. The molecule has 0 saturated heterocycles. The normalized spacial score (nSPS) is 10.3. The first-order chi connectivity index (χ1) is 8.69. The molecule has 0 atom stereocenters. The van der Waals surface area contributed by atoms with Crippen molar-refractivity contribution in [1.82, 2.24) is 10.2 Å². The second kappa shape index (κ2) is 9.68. The summed E-state index contributed by atoms with van der Waals surface area (Å²) in [7, 11) is 2.02. The standard InChI is InChI=1S/C15H21N3.HI/c1-5-11-17-15(16-6-2)18(4)12-14-10-8-7-9-13(14)3;/h1,7-10H,6,11-12H2,2-4H3,(H,16,17);1H. The summed E-state index contributed by atoms with van der Waals surface area (Å²) in [5, 5.41) is 3.24. The van der Waals surface area contributed by atoms with E-state index in [2.05, 4.69) is 52.3 Å². The Hall–Kier alpha value is -1.22. The van der Waals surface area contributed by atoms with E-state index in [9.17, 15) is 0 Å². The molecule has 0 aliphatic heterocycles. The van der Waals surface area contributed by atoms with Gasteiger partial charge in [0, 0.05) is 20.1 Å². The van der Waals surface area contributed by atoms with Crippen molar-refractivity contribution in [2.24, 2.45) is 4.99 Å². The summed E-state index contributed by atoms with van der Waals surface area (Å²) in [6.45, 7) is 6.23. The largest absolute Gasteiger partial charge is 0.356 e. The maximum atomic E-state index is 5.25. The lowest BCUT2D eigenvalue weighted by molar-refractivity contribution is 0.477. The third-order valence-electron chi connectivity index (χ3n) is 2.69. The molecule has 104 valence electrons. The number of benzene rings is 1. The van der Waals surface area contributed by atoms with Gasteiger partial charge in [0.1, 0.15) is 6.54 Å². The number of rotatable bonds is 4. The van der Waals surface area contributed by atoms with Gasteiger partial charge in [-0.1, -0.05) is 30.2 Å². The van der Waals surface area contributed by atoms with Gasteiger partial charge in [-0.2, -0.15) is 0 Å². The van der Waals surface area contributed by atoms with Crippen molar-refractivity contribution in [2.45, 2.75) is 20.4 Å². The molecule has 0 saturated carbocycles. The molecule has 0 aliphatic carbocycles. The molecule has 0 heterocycles. The summed E-state index contributed by atoms with van der Waals surface area (Å²) in [6.07, 6.45) is 5.25. The fourth-order valence-electron chi connectivity index (χ4n) is 1.71. The molecule has 0 amide bonds. The molecule has 19 heavy (non-hydrogen) atoms. The number of hydrogen-bond donors (Lipinski definition) is 1. The third kappa shape index (κ3) is 5.97. The molecular weight excluding hydrogens is 349 g/mol. The van der Waals surface area contributed by atoms with Crippen molar-refractivity contribution in [3.63, 3.8) is 0 Å². The predicted octanol–water partition coefficient (Wildman–Crippen LogP) is 2.64. The van der Waals surface area contributed by atoms with Gasteiger partial charge in [-0.15, -0.1) is 30.4 Å². The van der Waals surface area contributed by atoms with Crippen LogP contribution in [0, 0.1) is 19.3 Å². The molecule has 3 nitrogen and oxygen atoms in total. The van der Waals surface area contributed by atoms with Crippen LogP contribution in [0.3, 0.4) is 0 Å². The fraction of sp³-hybridized carbons (Fsp3) is 0.400. The predicted molar refractivity (Wildman–Crippen MR) is 92.9 cm³/mol. The third-order valence-corrected chi connectivity index (χ3v) is 2.69. The van der Waals surface area contributed by atoms with Gasteiger partial charge in [0.25, 0.3) is 0 Å². The van der Waals surface area contributed by atoms with E-state index in [4.69, 9.17) is 6.42 Å². The van der Waals surface area contributed by atoms with Crippen molar-refractivity contribution in [3.05, 3.63) is 35.4 Å².